The van der Waals surface area contributed by atoms with Crippen LogP contribution >= 0.6 is 0 Å². The molecule has 2 aliphatic rings. The Labute approximate surface area is 174 Å². The van der Waals surface area contributed by atoms with Gasteiger partial charge in [0.25, 0.3) is 5.91 Å². The maximum Gasteiger partial charge on any atom is 0.325 e. The first-order valence-corrected chi connectivity index (χ1v) is 9.64. The lowest BCUT2D eigenvalue weighted by atomic mass is 10.1. The highest BCUT2D eigenvalue weighted by Gasteiger charge is 2.48. The standard InChI is InChI=1S/C20H27N3O7/c1-12-10-23(19-15(25)16(14(11-24)30-19)29-9-8-28-2)20(27)22-17(12)21-18(26)13-6-4-3-5-7-13/h3-7,10,14-17,19,24-25H,8-9,11H2,1-2H3,(H,21,26)(H,22,27)/t14-,15-,16-,17?,19-/m1/s1. The summed E-state index contributed by atoms with van der Waals surface area (Å²) in [6, 6.07) is 8.10. The van der Waals surface area contributed by atoms with Crippen molar-refractivity contribution in [2.75, 3.05) is 26.9 Å². The lowest BCUT2D eigenvalue weighted by Crippen LogP contribution is -2.58. The normalized spacial score (nSPS) is 28.8. The van der Waals surface area contributed by atoms with Crippen LogP contribution in [0.25, 0.3) is 0 Å². The fourth-order valence-corrected chi connectivity index (χ4v) is 3.38. The number of ether oxygens (including phenoxy) is 3. The second kappa shape index (κ2) is 10.0. The summed E-state index contributed by atoms with van der Waals surface area (Å²) in [5, 5.41) is 25.6. The van der Waals surface area contributed by atoms with Crippen LogP contribution in [0.15, 0.2) is 42.1 Å². The van der Waals surface area contributed by atoms with E-state index in [2.05, 4.69) is 10.6 Å². The van der Waals surface area contributed by atoms with Gasteiger partial charge < -0.3 is 35.1 Å². The molecule has 0 aliphatic carbocycles. The van der Waals surface area contributed by atoms with Gasteiger partial charge >= 0.3 is 6.03 Å². The summed E-state index contributed by atoms with van der Waals surface area (Å²) in [6.45, 7) is 1.89. The number of rotatable bonds is 8. The van der Waals surface area contributed by atoms with E-state index < -0.39 is 36.7 Å². The molecule has 5 atom stereocenters. The second-order valence-corrected chi connectivity index (χ2v) is 7.07. The molecule has 0 radical (unpaired) electrons. The molecule has 1 unspecified atom stereocenters. The fraction of sp³-hybridized carbons (Fsp3) is 0.500. The Kier molecular flexibility index (Phi) is 7.40. The topological polar surface area (TPSA) is 130 Å². The van der Waals surface area contributed by atoms with E-state index in [9.17, 15) is 19.8 Å². The van der Waals surface area contributed by atoms with Gasteiger partial charge in [0.1, 0.15) is 24.5 Å². The lowest BCUT2D eigenvalue weighted by Gasteiger charge is -2.35. The average Bonchev–Trinajstić information content (AvgIpc) is 3.06. The van der Waals surface area contributed by atoms with E-state index in [-0.39, 0.29) is 19.1 Å². The Bertz CT molecular complexity index is 773. The van der Waals surface area contributed by atoms with Crippen LogP contribution < -0.4 is 10.6 Å². The summed E-state index contributed by atoms with van der Waals surface area (Å²) in [5.41, 5.74) is 1.11. The molecular weight excluding hydrogens is 394 g/mol. The number of urea groups is 1. The number of nitrogens with one attached hydrogen (secondary N) is 2. The Morgan fingerprint density at radius 3 is 2.70 bits per heavy atom. The Balaban J connectivity index is 1.69. The molecule has 3 rings (SSSR count). The van der Waals surface area contributed by atoms with Crippen LogP contribution in [0, 0.1) is 0 Å². The molecule has 0 aromatic heterocycles. The van der Waals surface area contributed by atoms with Crippen molar-refractivity contribution >= 4 is 11.9 Å². The van der Waals surface area contributed by atoms with Crippen LogP contribution in [0.1, 0.15) is 17.3 Å². The van der Waals surface area contributed by atoms with Crippen molar-refractivity contribution in [3.63, 3.8) is 0 Å². The van der Waals surface area contributed by atoms with Gasteiger partial charge in [0, 0.05) is 18.9 Å². The van der Waals surface area contributed by atoms with E-state index in [1.54, 1.807) is 37.3 Å². The molecule has 0 saturated carbocycles. The highest BCUT2D eigenvalue weighted by atomic mass is 16.6. The second-order valence-electron chi connectivity index (χ2n) is 7.07. The van der Waals surface area contributed by atoms with Gasteiger partial charge in [-0.15, -0.1) is 0 Å². The number of carbonyl (C=O) groups is 2. The zero-order chi connectivity index (χ0) is 21.7. The first-order chi connectivity index (χ1) is 14.5. The molecule has 3 amide bonds. The van der Waals surface area contributed by atoms with E-state index in [4.69, 9.17) is 14.2 Å². The summed E-state index contributed by atoms with van der Waals surface area (Å²) >= 11 is 0. The van der Waals surface area contributed by atoms with Gasteiger partial charge in [-0.3, -0.25) is 9.69 Å². The van der Waals surface area contributed by atoms with Gasteiger partial charge in [-0.05, 0) is 24.6 Å². The maximum absolute atomic E-state index is 12.7. The Hall–Kier alpha value is -2.50. The number of hydrogen-bond acceptors (Lipinski definition) is 7. The van der Waals surface area contributed by atoms with Gasteiger partial charge in [-0.1, -0.05) is 18.2 Å². The van der Waals surface area contributed by atoms with Crippen molar-refractivity contribution in [3.8, 4) is 0 Å². The molecule has 0 bridgehead atoms. The van der Waals surface area contributed by atoms with Gasteiger partial charge in [0.15, 0.2) is 6.23 Å². The number of aliphatic hydroxyl groups excluding tert-OH is 2. The van der Waals surface area contributed by atoms with E-state index in [0.717, 1.165) is 0 Å². The van der Waals surface area contributed by atoms with Crippen LogP contribution in [-0.4, -0.2) is 84.7 Å². The third kappa shape index (κ3) is 4.79. The van der Waals surface area contributed by atoms with E-state index in [0.29, 0.717) is 17.7 Å². The van der Waals surface area contributed by atoms with Crippen LogP contribution in [0.5, 0.6) is 0 Å². The summed E-state index contributed by atoms with van der Waals surface area (Å²) in [4.78, 5) is 26.3. The van der Waals surface area contributed by atoms with Gasteiger partial charge in [0.05, 0.1) is 19.8 Å². The molecule has 30 heavy (non-hydrogen) atoms. The first-order valence-electron chi connectivity index (χ1n) is 9.64. The maximum atomic E-state index is 12.7. The molecule has 1 saturated heterocycles. The first kappa shape index (κ1) is 22.2. The molecule has 1 aromatic carbocycles. The smallest absolute Gasteiger partial charge is 0.325 e. The van der Waals surface area contributed by atoms with Crippen LogP contribution in [0.2, 0.25) is 0 Å². The zero-order valence-corrected chi connectivity index (χ0v) is 16.9. The lowest BCUT2D eigenvalue weighted by molar-refractivity contribution is -0.0723. The minimum atomic E-state index is -1.18. The molecule has 4 N–H and O–H groups in total. The van der Waals surface area contributed by atoms with Crippen LogP contribution in [-0.2, 0) is 14.2 Å². The molecule has 10 heteroatoms. The Morgan fingerprint density at radius 2 is 2.03 bits per heavy atom. The molecule has 0 spiro atoms. The monoisotopic (exact) mass is 421 g/mol. The van der Waals surface area contributed by atoms with E-state index in [1.165, 1.54) is 18.2 Å². The van der Waals surface area contributed by atoms with Crippen molar-refractivity contribution < 1.29 is 34.0 Å². The Morgan fingerprint density at radius 1 is 1.30 bits per heavy atom. The summed E-state index contributed by atoms with van der Waals surface area (Å²) in [5.74, 6) is -0.328. The van der Waals surface area contributed by atoms with Crippen molar-refractivity contribution in [3.05, 3.63) is 47.7 Å². The predicted octanol–water partition coefficient (Wildman–Crippen LogP) is -0.219. The molecule has 2 aliphatic heterocycles. The number of carbonyl (C=O) groups excluding carboxylic acids is 2. The highest BCUT2D eigenvalue weighted by molar-refractivity contribution is 5.95. The molecule has 1 fully saturated rings. The zero-order valence-electron chi connectivity index (χ0n) is 16.9. The molecule has 10 nitrogen and oxygen atoms in total. The summed E-state index contributed by atoms with van der Waals surface area (Å²) in [7, 11) is 1.52. The predicted molar refractivity (Wildman–Crippen MR) is 105 cm³/mol. The minimum Gasteiger partial charge on any atom is -0.394 e. The van der Waals surface area contributed by atoms with Crippen LogP contribution in [0.3, 0.4) is 0 Å². The number of benzene rings is 1. The van der Waals surface area contributed by atoms with Crippen molar-refractivity contribution in [2.24, 2.45) is 0 Å². The van der Waals surface area contributed by atoms with Gasteiger partial charge in [-0.25, -0.2) is 4.79 Å². The summed E-state index contributed by atoms with van der Waals surface area (Å²) in [6.07, 6.45) is -3.03. The van der Waals surface area contributed by atoms with Crippen LogP contribution in [0.4, 0.5) is 4.79 Å². The van der Waals surface area contributed by atoms with E-state index >= 15 is 0 Å². The minimum absolute atomic E-state index is 0.208. The number of nitrogens with zero attached hydrogens (tertiary/aromatic N) is 1. The largest absolute Gasteiger partial charge is 0.394 e. The van der Waals surface area contributed by atoms with Crippen molar-refractivity contribution in [1.82, 2.24) is 15.5 Å². The fourth-order valence-electron chi connectivity index (χ4n) is 3.38. The van der Waals surface area contributed by atoms with Crippen molar-refractivity contribution in [2.45, 2.75) is 37.6 Å². The quantitative estimate of drug-likeness (QED) is 0.427. The van der Waals surface area contributed by atoms with Gasteiger partial charge in [-0.2, -0.15) is 0 Å². The highest BCUT2D eigenvalue weighted by Crippen LogP contribution is 2.28. The van der Waals surface area contributed by atoms with E-state index in [1.807, 2.05) is 0 Å². The third-order valence-electron chi connectivity index (χ3n) is 4.97. The molecule has 2 heterocycles. The average molecular weight is 421 g/mol. The summed E-state index contributed by atoms with van der Waals surface area (Å²) < 4.78 is 16.2. The van der Waals surface area contributed by atoms with Crippen molar-refractivity contribution in [1.29, 1.82) is 0 Å². The molecular formula is C20H27N3O7. The number of methoxy groups -OCH3 is 1. The SMILES string of the molecule is COCCO[C@H]1[C@@H](O)[C@H](N2C=C(C)C(NC(=O)c3ccccc3)NC2=O)O[C@@H]1CO. The van der Waals surface area contributed by atoms with Gasteiger partial charge in [0.2, 0.25) is 0 Å². The third-order valence-corrected chi connectivity index (χ3v) is 4.97. The number of amides is 3. The molecule has 164 valence electrons. The number of aliphatic hydroxyl groups is 2. The number of hydrogen-bond donors (Lipinski definition) is 4. The molecule has 1 aromatic rings.